The maximum atomic E-state index is 12.5. The highest BCUT2D eigenvalue weighted by molar-refractivity contribution is 5.87. The predicted octanol–water partition coefficient (Wildman–Crippen LogP) is 3.36. The summed E-state index contributed by atoms with van der Waals surface area (Å²) in [6, 6.07) is 0. The molecule has 2 saturated carbocycles. The Kier molecular flexibility index (Phi) is 7.14. The molecule has 0 aromatic heterocycles. The van der Waals surface area contributed by atoms with E-state index < -0.39 is 42.5 Å². The first-order valence-corrected chi connectivity index (χ1v) is 10.2. The molecule has 0 radical (unpaired) electrons. The van der Waals surface area contributed by atoms with Crippen molar-refractivity contribution in [1.29, 1.82) is 0 Å². The van der Waals surface area contributed by atoms with Gasteiger partial charge in [0, 0.05) is 5.41 Å². The third-order valence-electron chi connectivity index (χ3n) is 6.98. The maximum absolute atomic E-state index is 12.5. The zero-order valence-electron chi connectivity index (χ0n) is 18.2. The fourth-order valence-electron chi connectivity index (χ4n) is 5.61. The van der Waals surface area contributed by atoms with Crippen molar-refractivity contribution >= 4 is 17.9 Å². The average Bonchev–Trinajstić information content (AvgIpc) is 2.64. The summed E-state index contributed by atoms with van der Waals surface area (Å²) in [6.07, 6.45) is 2.42. The van der Waals surface area contributed by atoms with Crippen LogP contribution >= 0.6 is 0 Å². The van der Waals surface area contributed by atoms with Gasteiger partial charge in [0.05, 0.1) is 26.7 Å². The highest BCUT2D eigenvalue weighted by Crippen LogP contribution is 2.59. The number of carboxylic acid groups (broad SMARTS) is 1. The van der Waals surface area contributed by atoms with Crippen molar-refractivity contribution in [2.24, 2.45) is 22.7 Å². The van der Waals surface area contributed by atoms with Gasteiger partial charge in [0.25, 0.3) is 0 Å². The number of hydrogen-bond acceptors (Lipinski definition) is 6. The molecule has 2 aliphatic rings. The minimum absolute atomic E-state index is 0.124. The summed E-state index contributed by atoms with van der Waals surface area (Å²) in [6.45, 7) is 10.9. The number of rotatable bonds is 7. The van der Waals surface area contributed by atoms with Crippen LogP contribution in [0.15, 0.2) is 12.2 Å². The number of fused-ring (bicyclic) bond motifs is 1. The smallest absolute Gasteiger partial charge is 0.335 e. The second-order valence-electron chi connectivity index (χ2n) is 9.28. The Morgan fingerprint density at radius 2 is 1.76 bits per heavy atom. The Morgan fingerprint density at radius 3 is 2.31 bits per heavy atom. The van der Waals surface area contributed by atoms with E-state index in [1.54, 1.807) is 0 Å². The Morgan fingerprint density at radius 1 is 1.14 bits per heavy atom. The lowest BCUT2D eigenvalue weighted by atomic mass is 9.50. The number of carboxylic acids is 1. The third kappa shape index (κ3) is 4.65. The fourth-order valence-corrected chi connectivity index (χ4v) is 5.61. The lowest BCUT2D eigenvalue weighted by Gasteiger charge is -2.57. The van der Waals surface area contributed by atoms with Gasteiger partial charge >= 0.3 is 17.9 Å². The lowest BCUT2D eigenvalue weighted by molar-refractivity contribution is -0.188. The Hall–Kier alpha value is -1.89. The summed E-state index contributed by atoms with van der Waals surface area (Å²) in [4.78, 5) is 36.2. The summed E-state index contributed by atoms with van der Waals surface area (Å²) >= 11 is 0. The van der Waals surface area contributed by atoms with E-state index in [0.717, 1.165) is 44.8 Å². The molecular weight excluding hydrogens is 376 g/mol. The molecule has 164 valence electrons. The van der Waals surface area contributed by atoms with E-state index in [4.69, 9.17) is 14.2 Å². The topological polar surface area (TPSA) is 99.1 Å². The average molecular weight is 411 g/mol. The lowest BCUT2D eigenvalue weighted by Crippen LogP contribution is -2.55. The molecule has 5 unspecified atom stereocenters. The van der Waals surface area contributed by atoms with Gasteiger partial charge in [0.1, 0.15) is 5.92 Å². The van der Waals surface area contributed by atoms with Gasteiger partial charge in [-0.2, -0.15) is 0 Å². The predicted molar refractivity (Wildman–Crippen MR) is 106 cm³/mol. The van der Waals surface area contributed by atoms with Gasteiger partial charge in [-0.1, -0.05) is 33.8 Å². The van der Waals surface area contributed by atoms with Gasteiger partial charge in [-0.05, 0) is 42.6 Å². The van der Waals surface area contributed by atoms with Crippen molar-refractivity contribution in [2.75, 3.05) is 14.2 Å². The summed E-state index contributed by atoms with van der Waals surface area (Å²) < 4.78 is 15.9. The zero-order valence-corrected chi connectivity index (χ0v) is 18.2. The molecule has 2 aliphatic carbocycles. The van der Waals surface area contributed by atoms with Crippen LogP contribution in [0.3, 0.4) is 0 Å². The quantitative estimate of drug-likeness (QED) is 0.507. The SMILES string of the molecule is C=C1CCC2C(C)(C)CCCC2(C)C1OC(C(=O)OC)C(CC(=O)O)C(=O)OC. The molecule has 7 nitrogen and oxygen atoms in total. The standard InChI is InChI=1S/C22H34O7/c1-13-8-9-15-21(2,3)10-7-11-22(15,4)18(13)29-17(20(26)28-6)14(12-16(23)24)19(25)27-5/h14-15,17-18H,1,7-12H2,2-6H3,(H,23,24). The fraction of sp³-hybridized carbons (Fsp3) is 0.773. The minimum Gasteiger partial charge on any atom is -0.481 e. The molecule has 0 spiro atoms. The highest BCUT2D eigenvalue weighted by Gasteiger charge is 2.55. The normalized spacial score (nSPS) is 30.6. The molecule has 5 atom stereocenters. The molecule has 2 rings (SSSR count). The van der Waals surface area contributed by atoms with E-state index in [-0.39, 0.29) is 10.8 Å². The number of carbonyl (C=O) groups is 3. The third-order valence-corrected chi connectivity index (χ3v) is 6.98. The second-order valence-corrected chi connectivity index (χ2v) is 9.28. The Labute approximate surface area is 172 Å². The maximum Gasteiger partial charge on any atom is 0.335 e. The number of hydrogen-bond donors (Lipinski definition) is 1. The van der Waals surface area contributed by atoms with Crippen LogP contribution in [0.1, 0.15) is 59.3 Å². The number of carbonyl (C=O) groups excluding carboxylic acids is 2. The van der Waals surface area contributed by atoms with Crippen molar-refractivity contribution in [3.63, 3.8) is 0 Å². The van der Waals surface area contributed by atoms with Crippen LogP contribution in [0.4, 0.5) is 0 Å². The van der Waals surface area contributed by atoms with E-state index in [1.807, 2.05) is 0 Å². The molecule has 0 bridgehead atoms. The van der Waals surface area contributed by atoms with Crippen molar-refractivity contribution in [2.45, 2.75) is 71.5 Å². The van der Waals surface area contributed by atoms with Crippen molar-refractivity contribution in [1.82, 2.24) is 0 Å². The molecule has 0 amide bonds. The summed E-state index contributed by atoms with van der Waals surface area (Å²) in [7, 11) is 2.35. The van der Waals surface area contributed by atoms with Gasteiger partial charge in [0.15, 0.2) is 6.10 Å². The number of methoxy groups -OCH3 is 2. The Bertz CT molecular complexity index is 668. The van der Waals surface area contributed by atoms with Crippen LogP contribution in [-0.2, 0) is 28.6 Å². The molecule has 1 N–H and O–H groups in total. The molecular formula is C22H34O7. The molecule has 0 aromatic rings. The van der Waals surface area contributed by atoms with Gasteiger partial charge in [-0.3, -0.25) is 9.59 Å². The van der Waals surface area contributed by atoms with Crippen LogP contribution in [0.25, 0.3) is 0 Å². The Balaban J connectivity index is 2.42. The molecule has 0 saturated heterocycles. The van der Waals surface area contributed by atoms with Crippen LogP contribution in [-0.4, -0.2) is 49.4 Å². The highest BCUT2D eigenvalue weighted by atomic mass is 16.6. The first-order chi connectivity index (χ1) is 13.5. The first kappa shape index (κ1) is 23.4. The van der Waals surface area contributed by atoms with E-state index in [2.05, 4.69) is 27.4 Å². The second kappa shape index (κ2) is 8.86. The number of esters is 2. The van der Waals surface area contributed by atoms with Gasteiger partial charge < -0.3 is 19.3 Å². The van der Waals surface area contributed by atoms with Gasteiger partial charge in [0.2, 0.25) is 0 Å². The van der Waals surface area contributed by atoms with Crippen molar-refractivity contribution in [3.05, 3.63) is 12.2 Å². The summed E-state index contributed by atoms with van der Waals surface area (Å²) in [5.74, 6) is -3.74. The number of aliphatic carboxylic acids is 1. The van der Waals surface area contributed by atoms with Gasteiger partial charge in [-0.25, -0.2) is 4.79 Å². The van der Waals surface area contributed by atoms with E-state index in [1.165, 1.54) is 7.11 Å². The molecule has 0 aromatic carbocycles. The molecule has 29 heavy (non-hydrogen) atoms. The molecule has 7 heteroatoms. The van der Waals surface area contributed by atoms with Crippen molar-refractivity contribution < 1.29 is 33.7 Å². The van der Waals surface area contributed by atoms with Gasteiger partial charge in [-0.15, -0.1) is 0 Å². The molecule has 0 heterocycles. The first-order valence-electron chi connectivity index (χ1n) is 10.2. The summed E-state index contributed by atoms with van der Waals surface area (Å²) in [5, 5.41) is 9.26. The summed E-state index contributed by atoms with van der Waals surface area (Å²) in [5.41, 5.74) is 0.737. The van der Waals surface area contributed by atoms with Crippen LogP contribution in [0.2, 0.25) is 0 Å². The van der Waals surface area contributed by atoms with E-state index >= 15 is 0 Å². The minimum atomic E-state index is -1.37. The monoisotopic (exact) mass is 410 g/mol. The molecule has 0 aliphatic heterocycles. The largest absolute Gasteiger partial charge is 0.481 e. The van der Waals surface area contributed by atoms with E-state index in [9.17, 15) is 19.5 Å². The van der Waals surface area contributed by atoms with Crippen LogP contribution < -0.4 is 0 Å². The number of ether oxygens (including phenoxy) is 3. The van der Waals surface area contributed by atoms with Crippen LogP contribution in [0.5, 0.6) is 0 Å². The molecule has 2 fully saturated rings. The van der Waals surface area contributed by atoms with E-state index in [0.29, 0.717) is 5.92 Å². The van der Waals surface area contributed by atoms with Crippen LogP contribution in [0, 0.1) is 22.7 Å². The van der Waals surface area contributed by atoms with Crippen molar-refractivity contribution in [3.8, 4) is 0 Å². The zero-order chi connectivity index (χ0) is 22.0.